The first-order valence-corrected chi connectivity index (χ1v) is 12.5. The van der Waals surface area contributed by atoms with Crippen LogP contribution in [0.15, 0.2) is 47.5 Å². The van der Waals surface area contributed by atoms with Crippen LogP contribution < -0.4 is 20.7 Å². The molecule has 0 aliphatic carbocycles. The van der Waals surface area contributed by atoms with E-state index in [-0.39, 0.29) is 11.3 Å². The van der Waals surface area contributed by atoms with Gasteiger partial charge in [0, 0.05) is 49.9 Å². The maximum atomic E-state index is 13.0. The number of amides is 1. The number of nitrogens with one attached hydrogen (secondary N) is 1. The molecule has 11 heteroatoms. The third kappa shape index (κ3) is 6.23. The number of aromatic nitrogens is 4. The van der Waals surface area contributed by atoms with E-state index in [1.165, 1.54) is 6.33 Å². The molecule has 1 saturated heterocycles. The molecule has 1 aromatic carbocycles. The van der Waals surface area contributed by atoms with Crippen molar-refractivity contribution in [3.8, 4) is 11.6 Å². The van der Waals surface area contributed by atoms with E-state index in [2.05, 4.69) is 42.1 Å². The summed E-state index contributed by atoms with van der Waals surface area (Å²) in [5, 5.41) is 2.82. The lowest BCUT2D eigenvalue weighted by Crippen LogP contribution is -2.45. The number of allylic oxidation sites excluding steroid dienone is 1. The Balaban J connectivity index is 1.59. The van der Waals surface area contributed by atoms with Crippen LogP contribution in [-0.4, -0.2) is 76.9 Å². The first-order valence-electron chi connectivity index (χ1n) is 12.5. The van der Waals surface area contributed by atoms with Gasteiger partial charge in [-0.05, 0) is 37.7 Å². The van der Waals surface area contributed by atoms with Gasteiger partial charge in [0.2, 0.25) is 11.8 Å². The Kier molecular flexibility index (Phi) is 7.86. The van der Waals surface area contributed by atoms with Crippen LogP contribution >= 0.6 is 0 Å². The number of ether oxygens (including phenoxy) is 1. The van der Waals surface area contributed by atoms with Crippen molar-refractivity contribution < 1.29 is 9.53 Å². The number of benzene rings is 1. The van der Waals surface area contributed by atoms with Crippen LogP contribution in [0.1, 0.15) is 36.7 Å². The van der Waals surface area contributed by atoms with Gasteiger partial charge >= 0.3 is 0 Å². The molecule has 0 unspecified atom stereocenters. The molecule has 0 bridgehead atoms. The van der Waals surface area contributed by atoms with Crippen LogP contribution in [0.4, 0.5) is 5.95 Å². The molecule has 0 spiro atoms. The van der Waals surface area contributed by atoms with E-state index < -0.39 is 0 Å². The SMILES string of the molecule is CN=C(C=C(N)C(C)(C)C)NC(=O)c1ccc(C)c(Oc2ncnc3cnc(N4CCN(C)CC4)nc23)c1. The molecule has 3 aromatic rings. The van der Waals surface area contributed by atoms with Crippen LogP contribution in [0.3, 0.4) is 0 Å². The van der Waals surface area contributed by atoms with Crippen molar-refractivity contribution in [2.45, 2.75) is 27.7 Å². The van der Waals surface area contributed by atoms with Crippen LogP contribution in [0.25, 0.3) is 11.0 Å². The Morgan fingerprint density at radius 3 is 2.58 bits per heavy atom. The van der Waals surface area contributed by atoms with E-state index in [0.29, 0.717) is 45.7 Å². The highest BCUT2D eigenvalue weighted by atomic mass is 16.5. The number of hydrogen-bond donors (Lipinski definition) is 2. The molecule has 1 aliphatic rings. The summed E-state index contributed by atoms with van der Waals surface area (Å²) in [4.78, 5) is 39.5. The van der Waals surface area contributed by atoms with Gasteiger partial charge in [-0.2, -0.15) is 4.98 Å². The number of aliphatic imine (C=N–C) groups is 1. The summed E-state index contributed by atoms with van der Waals surface area (Å²) in [6.45, 7) is 11.4. The van der Waals surface area contributed by atoms with Crippen molar-refractivity contribution in [1.82, 2.24) is 30.2 Å². The number of anilines is 1. The lowest BCUT2D eigenvalue weighted by atomic mass is 9.92. The number of aryl methyl sites for hydroxylation is 1. The number of rotatable bonds is 5. The molecule has 4 rings (SSSR count). The fraction of sp³-hybridized carbons (Fsp3) is 0.407. The zero-order chi connectivity index (χ0) is 27.4. The van der Waals surface area contributed by atoms with Crippen LogP contribution in [0.2, 0.25) is 0 Å². The molecule has 0 atom stereocenters. The van der Waals surface area contributed by atoms with Crippen molar-refractivity contribution in [3.05, 3.63) is 53.6 Å². The summed E-state index contributed by atoms with van der Waals surface area (Å²) in [7, 11) is 3.70. The molecular weight excluding hydrogens is 482 g/mol. The van der Waals surface area contributed by atoms with Gasteiger partial charge in [0.1, 0.15) is 23.4 Å². The molecule has 200 valence electrons. The summed E-state index contributed by atoms with van der Waals surface area (Å²) in [5.74, 6) is 1.44. The Labute approximate surface area is 222 Å². The normalized spacial score (nSPS) is 15.6. The molecule has 1 fully saturated rings. The Hall–Kier alpha value is -4.12. The molecule has 38 heavy (non-hydrogen) atoms. The van der Waals surface area contributed by atoms with Gasteiger partial charge in [0.25, 0.3) is 5.91 Å². The second-order valence-corrected chi connectivity index (χ2v) is 10.4. The predicted molar refractivity (Wildman–Crippen MR) is 149 cm³/mol. The maximum Gasteiger partial charge on any atom is 0.256 e. The monoisotopic (exact) mass is 517 g/mol. The molecule has 11 nitrogen and oxygen atoms in total. The van der Waals surface area contributed by atoms with E-state index in [9.17, 15) is 4.79 Å². The number of nitrogens with two attached hydrogens (primary N) is 1. The summed E-state index contributed by atoms with van der Waals surface area (Å²) < 4.78 is 6.20. The first-order chi connectivity index (χ1) is 18.0. The summed E-state index contributed by atoms with van der Waals surface area (Å²) in [6.07, 6.45) is 4.77. The topological polar surface area (TPSA) is 135 Å². The molecular formula is C27H35N9O2. The summed E-state index contributed by atoms with van der Waals surface area (Å²) >= 11 is 0. The molecule has 0 saturated carbocycles. The highest BCUT2D eigenvalue weighted by Crippen LogP contribution is 2.29. The fourth-order valence-electron chi connectivity index (χ4n) is 3.72. The van der Waals surface area contributed by atoms with Crippen LogP contribution in [-0.2, 0) is 0 Å². The van der Waals surface area contributed by atoms with Crippen molar-refractivity contribution >= 4 is 28.7 Å². The molecule has 3 heterocycles. The minimum Gasteiger partial charge on any atom is -0.437 e. The average molecular weight is 518 g/mol. The number of carbonyl (C=O) groups is 1. The van der Waals surface area contributed by atoms with Gasteiger partial charge in [-0.25, -0.2) is 15.0 Å². The van der Waals surface area contributed by atoms with Crippen molar-refractivity contribution in [1.29, 1.82) is 0 Å². The molecule has 3 N–H and O–H groups in total. The minimum absolute atomic E-state index is 0.250. The summed E-state index contributed by atoms with van der Waals surface area (Å²) in [5.41, 5.74) is 8.85. The molecule has 1 amide bonds. The largest absolute Gasteiger partial charge is 0.437 e. The van der Waals surface area contributed by atoms with E-state index in [0.717, 1.165) is 31.7 Å². The highest BCUT2D eigenvalue weighted by molar-refractivity contribution is 6.10. The number of amidine groups is 1. The van der Waals surface area contributed by atoms with Gasteiger partial charge in [-0.15, -0.1) is 0 Å². The molecule has 0 radical (unpaired) electrons. The Morgan fingerprint density at radius 1 is 1.16 bits per heavy atom. The number of fused-ring (bicyclic) bond motifs is 1. The number of piperazine rings is 1. The first kappa shape index (κ1) is 26.9. The zero-order valence-corrected chi connectivity index (χ0v) is 22.8. The van der Waals surface area contributed by atoms with Gasteiger partial charge < -0.3 is 25.6 Å². The van der Waals surface area contributed by atoms with E-state index >= 15 is 0 Å². The highest BCUT2D eigenvalue weighted by Gasteiger charge is 2.20. The third-order valence-corrected chi connectivity index (χ3v) is 6.41. The summed E-state index contributed by atoms with van der Waals surface area (Å²) in [6, 6.07) is 5.22. The Morgan fingerprint density at radius 2 is 1.89 bits per heavy atom. The lowest BCUT2D eigenvalue weighted by Gasteiger charge is -2.32. The molecule has 1 aliphatic heterocycles. The van der Waals surface area contributed by atoms with Gasteiger partial charge in [0.15, 0.2) is 5.52 Å². The van der Waals surface area contributed by atoms with Gasteiger partial charge in [0.05, 0.1) is 6.20 Å². The van der Waals surface area contributed by atoms with Crippen molar-refractivity contribution in [3.63, 3.8) is 0 Å². The standard InChI is InChI=1S/C27H35N9O2/c1-17-7-8-18(24(37)33-22(29-5)14-21(28)27(2,3)4)13-20(17)38-25-23-19(31-16-32-25)15-30-26(34-23)36-11-9-35(6)10-12-36/h7-8,13-16H,9-12,28H2,1-6H3,(H,29,33,37). The zero-order valence-electron chi connectivity index (χ0n) is 22.8. The molecule has 2 aromatic heterocycles. The number of likely N-dealkylation sites (N-methyl/N-ethyl adjacent to an activating group) is 1. The number of hydrogen-bond acceptors (Lipinski definition) is 10. The van der Waals surface area contributed by atoms with E-state index in [1.54, 1.807) is 31.5 Å². The quantitative estimate of drug-likeness (QED) is 0.387. The minimum atomic E-state index is -0.333. The van der Waals surface area contributed by atoms with Crippen LogP contribution in [0.5, 0.6) is 11.6 Å². The fourth-order valence-corrected chi connectivity index (χ4v) is 3.72. The van der Waals surface area contributed by atoms with Gasteiger partial charge in [-0.3, -0.25) is 9.79 Å². The predicted octanol–water partition coefficient (Wildman–Crippen LogP) is 2.92. The average Bonchev–Trinajstić information content (AvgIpc) is 2.89. The van der Waals surface area contributed by atoms with Crippen molar-refractivity contribution in [2.75, 3.05) is 45.2 Å². The van der Waals surface area contributed by atoms with Crippen LogP contribution in [0, 0.1) is 12.3 Å². The number of nitrogens with zero attached hydrogens (tertiary/aromatic N) is 7. The van der Waals surface area contributed by atoms with Crippen molar-refractivity contribution in [2.24, 2.45) is 16.1 Å². The van der Waals surface area contributed by atoms with E-state index in [4.69, 9.17) is 15.5 Å². The second kappa shape index (κ2) is 11.1. The van der Waals surface area contributed by atoms with Gasteiger partial charge in [-0.1, -0.05) is 26.8 Å². The third-order valence-electron chi connectivity index (χ3n) is 6.41. The van der Waals surface area contributed by atoms with E-state index in [1.807, 2.05) is 33.8 Å². The maximum absolute atomic E-state index is 13.0. The lowest BCUT2D eigenvalue weighted by molar-refractivity contribution is 0.0977. The second-order valence-electron chi connectivity index (χ2n) is 10.4. The number of carbonyl (C=O) groups excluding carboxylic acids is 1. The Bertz CT molecular complexity index is 1390. The smallest absolute Gasteiger partial charge is 0.256 e.